The standard InChI is InChI=1S/C17H22N2O3/c1-11-5-7-18(8-6-11)15-10-16(21)19(17(15)22)14-4-3-13(20)9-12(14)2/h3-4,9,11,15,20H,5-8,10H2,1-2H3. The molecule has 1 atom stereocenters. The molecule has 2 saturated heterocycles. The van der Waals surface area contributed by atoms with Gasteiger partial charge in [0, 0.05) is 0 Å². The lowest BCUT2D eigenvalue weighted by molar-refractivity contribution is -0.123. The Morgan fingerprint density at radius 3 is 2.50 bits per heavy atom. The van der Waals surface area contributed by atoms with Crippen LogP contribution in [-0.2, 0) is 9.59 Å². The van der Waals surface area contributed by atoms with Crippen molar-refractivity contribution in [2.24, 2.45) is 5.92 Å². The number of rotatable bonds is 2. The lowest BCUT2D eigenvalue weighted by atomic mass is 9.97. The van der Waals surface area contributed by atoms with Gasteiger partial charge < -0.3 is 5.11 Å². The van der Waals surface area contributed by atoms with Crippen LogP contribution in [0.4, 0.5) is 5.69 Å². The van der Waals surface area contributed by atoms with Gasteiger partial charge in [0.2, 0.25) is 5.91 Å². The predicted molar refractivity (Wildman–Crippen MR) is 83.7 cm³/mol. The van der Waals surface area contributed by atoms with Crippen molar-refractivity contribution in [1.29, 1.82) is 0 Å². The van der Waals surface area contributed by atoms with Crippen LogP contribution in [-0.4, -0.2) is 41.0 Å². The highest BCUT2D eigenvalue weighted by Gasteiger charge is 2.43. The number of hydrogen-bond acceptors (Lipinski definition) is 4. The number of benzene rings is 1. The number of likely N-dealkylation sites (tertiary alicyclic amines) is 1. The average Bonchev–Trinajstić information content (AvgIpc) is 2.76. The van der Waals surface area contributed by atoms with Crippen LogP contribution in [0, 0.1) is 12.8 Å². The molecule has 0 spiro atoms. The number of aromatic hydroxyl groups is 1. The molecule has 3 rings (SSSR count). The lowest BCUT2D eigenvalue weighted by Gasteiger charge is -2.33. The largest absolute Gasteiger partial charge is 0.508 e. The maximum Gasteiger partial charge on any atom is 0.251 e. The minimum Gasteiger partial charge on any atom is -0.508 e. The summed E-state index contributed by atoms with van der Waals surface area (Å²) in [4.78, 5) is 28.5. The summed E-state index contributed by atoms with van der Waals surface area (Å²) in [5, 5.41) is 9.50. The lowest BCUT2D eigenvalue weighted by Crippen LogP contribution is -2.45. The van der Waals surface area contributed by atoms with Crippen molar-refractivity contribution in [3.05, 3.63) is 23.8 Å². The third-order valence-corrected chi connectivity index (χ3v) is 4.80. The first-order valence-corrected chi connectivity index (χ1v) is 7.88. The molecule has 0 bridgehead atoms. The van der Waals surface area contributed by atoms with Crippen molar-refractivity contribution in [1.82, 2.24) is 4.90 Å². The predicted octanol–water partition coefficient (Wildman–Crippen LogP) is 2.06. The summed E-state index contributed by atoms with van der Waals surface area (Å²) in [6.45, 7) is 5.79. The number of hydrogen-bond donors (Lipinski definition) is 1. The molecule has 1 N–H and O–H groups in total. The Morgan fingerprint density at radius 1 is 1.18 bits per heavy atom. The highest BCUT2D eigenvalue weighted by atomic mass is 16.3. The molecule has 0 aromatic heterocycles. The van der Waals surface area contributed by atoms with Gasteiger partial charge in [-0.2, -0.15) is 0 Å². The number of carbonyl (C=O) groups excluding carboxylic acids is 2. The average molecular weight is 302 g/mol. The molecule has 0 radical (unpaired) electrons. The molecule has 2 heterocycles. The molecule has 2 fully saturated rings. The number of carbonyl (C=O) groups is 2. The second-order valence-electron chi connectivity index (χ2n) is 6.48. The number of anilines is 1. The van der Waals surface area contributed by atoms with Crippen molar-refractivity contribution in [2.75, 3.05) is 18.0 Å². The topological polar surface area (TPSA) is 60.9 Å². The van der Waals surface area contributed by atoms with Gasteiger partial charge in [0.25, 0.3) is 5.91 Å². The minimum atomic E-state index is -0.326. The van der Waals surface area contributed by atoms with E-state index >= 15 is 0 Å². The number of aryl methyl sites for hydroxylation is 1. The molecule has 1 unspecified atom stereocenters. The fourth-order valence-electron chi connectivity index (χ4n) is 3.39. The summed E-state index contributed by atoms with van der Waals surface area (Å²) in [6.07, 6.45) is 2.42. The maximum atomic E-state index is 12.7. The zero-order chi connectivity index (χ0) is 15.9. The van der Waals surface area contributed by atoms with E-state index in [1.165, 1.54) is 11.0 Å². The zero-order valence-electron chi connectivity index (χ0n) is 13.1. The number of phenolic OH excluding ortho intramolecular Hbond substituents is 1. The van der Waals surface area contributed by atoms with Crippen LogP contribution >= 0.6 is 0 Å². The highest BCUT2D eigenvalue weighted by molar-refractivity contribution is 6.22. The van der Waals surface area contributed by atoms with Gasteiger partial charge in [-0.05, 0) is 62.5 Å². The minimum absolute atomic E-state index is 0.131. The van der Waals surface area contributed by atoms with E-state index in [2.05, 4.69) is 11.8 Å². The fraction of sp³-hybridized carbons (Fsp3) is 0.529. The number of nitrogens with zero attached hydrogens (tertiary/aromatic N) is 2. The van der Waals surface area contributed by atoms with Crippen LogP contribution in [0.5, 0.6) is 5.75 Å². The molecule has 1 aromatic carbocycles. The Kier molecular flexibility index (Phi) is 3.91. The molecule has 0 aliphatic carbocycles. The van der Waals surface area contributed by atoms with Crippen molar-refractivity contribution < 1.29 is 14.7 Å². The van der Waals surface area contributed by atoms with E-state index in [0.29, 0.717) is 11.6 Å². The van der Waals surface area contributed by atoms with Crippen LogP contribution < -0.4 is 4.90 Å². The summed E-state index contributed by atoms with van der Waals surface area (Å²) < 4.78 is 0. The molecule has 5 heteroatoms. The van der Waals surface area contributed by atoms with Gasteiger partial charge in [-0.1, -0.05) is 6.92 Å². The van der Waals surface area contributed by atoms with Gasteiger partial charge in [-0.25, -0.2) is 4.90 Å². The van der Waals surface area contributed by atoms with E-state index in [9.17, 15) is 14.7 Å². The monoisotopic (exact) mass is 302 g/mol. The van der Waals surface area contributed by atoms with E-state index in [-0.39, 0.29) is 30.0 Å². The number of phenols is 1. The van der Waals surface area contributed by atoms with Crippen LogP contribution in [0.1, 0.15) is 31.7 Å². The summed E-state index contributed by atoms with van der Waals surface area (Å²) in [5.41, 5.74) is 1.32. The molecular weight excluding hydrogens is 280 g/mol. The Hall–Kier alpha value is -1.88. The molecule has 0 saturated carbocycles. The Labute approximate surface area is 130 Å². The van der Waals surface area contributed by atoms with Gasteiger partial charge in [0.15, 0.2) is 0 Å². The molecule has 2 aliphatic heterocycles. The zero-order valence-corrected chi connectivity index (χ0v) is 13.1. The van der Waals surface area contributed by atoms with Crippen molar-refractivity contribution in [3.8, 4) is 5.75 Å². The summed E-state index contributed by atoms with van der Waals surface area (Å²) >= 11 is 0. The maximum absolute atomic E-state index is 12.7. The summed E-state index contributed by atoms with van der Waals surface area (Å²) in [7, 11) is 0. The molecule has 5 nitrogen and oxygen atoms in total. The SMILES string of the molecule is Cc1cc(O)ccc1N1C(=O)CC(N2CCC(C)CC2)C1=O. The van der Waals surface area contributed by atoms with Crippen molar-refractivity contribution >= 4 is 17.5 Å². The van der Waals surface area contributed by atoms with Crippen LogP contribution in [0.25, 0.3) is 0 Å². The van der Waals surface area contributed by atoms with Crippen LogP contribution in [0.3, 0.4) is 0 Å². The van der Waals surface area contributed by atoms with E-state index < -0.39 is 0 Å². The third-order valence-electron chi connectivity index (χ3n) is 4.80. The fourth-order valence-corrected chi connectivity index (χ4v) is 3.39. The number of piperidine rings is 1. The first-order chi connectivity index (χ1) is 10.5. The summed E-state index contributed by atoms with van der Waals surface area (Å²) in [5.74, 6) is 0.552. The normalized spacial score (nSPS) is 24.3. The van der Waals surface area contributed by atoms with Crippen LogP contribution in [0.2, 0.25) is 0 Å². The van der Waals surface area contributed by atoms with Crippen molar-refractivity contribution in [2.45, 2.75) is 39.2 Å². The van der Waals surface area contributed by atoms with E-state index in [1.807, 2.05) is 0 Å². The van der Waals surface area contributed by atoms with Crippen LogP contribution in [0.15, 0.2) is 18.2 Å². The second kappa shape index (κ2) is 5.72. The molecule has 2 aliphatic rings. The van der Waals surface area contributed by atoms with E-state index in [1.54, 1.807) is 19.1 Å². The highest BCUT2D eigenvalue weighted by Crippen LogP contribution is 2.31. The summed E-state index contributed by atoms with van der Waals surface area (Å²) in [6, 6.07) is 4.40. The molecule has 22 heavy (non-hydrogen) atoms. The number of amides is 2. The van der Waals surface area contributed by atoms with E-state index in [4.69, 9.17) is 0 Å². The smallest absolute Gasteiger partial charge is 0.251 e. The molecular formula is C17H22N2O3. The Morgan fingerprint density at radius 2 is 1.86 bits per heavy atom. The first kappa shape index (κ1) is 15.0. The van der Waals surface area contributed by atoms with Gasteiger partial charge in [0.1, 0.15) is 5.75 Å². The molecule has 1 aromatic rings. The first-order valence-electron chi connectivity index (χ1n) is 7.88. The quantitative estimate of drug-likeness (QED) is 0.850. The van der Waals surface area contributed by atoms with Gasteiger partial charge in [-0.3, -0.25) is 14.5 Å². The van der Waals surface area contributed by atoms with Crippen molar-refractivity contribution in [3.63, 3.8) is 0 Å². The van der Waals surface area contributed by atoms with Gasteiger partial charge >= 0.3 is 0 Å². The van der Waals surface area contributed by atoms with E-state index in [0.717, 1.165) is 31.5 Å². The molecule has 2 amide bonds. The van der Waals surface area contributed by atoms with Gasteiger partial charge in [-0.15, -0.1) is 0 Å². The number of imide groups is 1. The Bertz CT molecular complexity index is 606. The Balaban J connectivity index is 1.82. The second-order valence-corrected chi connectivity index (χ2v) is 6.48. The molecule has 118 valence electrons. The third kappa shape index (κ3) is 2.61. The van der Waals surface area contributed by atoms with Gasteiger partial charge in [0.05, 0.1) is 18.2 Å².